The van der Waals surface area contributed by atoms with Crippen LogP contribution in [0.5, 0.6) is 5.75 Å². The molecule has 0 aliphatic carbocycles. The summed E-state index contributed by atoms with van der Waals surface area (Å²) in [5.41, 5.74) is 0.597. The van der Waals surface area contributed by atoms with E-state index in [4.69, 9.17) is 4.74 Å². The van der Waals surface area contributed by atoms with Crippen LogP contribution in [0.4, 0.5) is 0 Å². The van der Waals surface area contributed by atoms with Crippen LogP contribution in [0.15, 0.2) is 47.4 Å². The Morgan fingerprint density at radius 1 is 1.14 bits per heavy atom. The van der Waals surface area contributed by atoms with Crippen molar-refractivity contribution in [2.24, 2.45) is 0 Å². The van der Waals surface area contributed by atoms with E-state index in [0.717, 1.165) is 24.8 Å². The molecular formula is C31H48N3O7PS. The average molecular weight is 638 g/mol. The van der Waals surface area contributed by atoms with Crippen molar-refractivity contribution in [3.8, 4) is 5.75 Å². The van der Waals surface area contributed by atoms with Gasteiger partial charge in [-0.15, -0.1) is 0 Å². The SMILES string of the molecule is CCCC[C@]1(CC)CS(=O)(=O)c2cc(CNC(=O)CNC(CC)(CC)CP(=O)(O)O)c(OC)cc2[C@@H](c2ccccc2)N1. The molecule has 12 heteroatoms. The van der Waals surface area contributed by atoms with Crippen LogP contribution in [0.3, 0.4) is 0 Å². The monoisotopic (exact) mass is 637 g/mol. The van der Waals surface area contributed by atoms with Crippen LogP contribution in [0.25, 0.3) is 0 Å². The minimum absolute atomic E-state index is 0.0222. The van der Waals surface area contributed by atoms with Crippen molar-refractivity contribution in [2.45, 2.75) is 94.8 Å². The molecular weight excluding hydrogens is 589 g/mol. The number of amides is 1. The smallest absolute Gasteiger partial charge is 0.327 e. The van der Waals surface area contributed by atoms with E-state index < -0.39 is 28.5 Å². The van der Waals surface area contributed by atoms with Crippen molar-refractivity contribution in [1.29, 1.82) is 0 Å². The topological polar surface area (TPSA) is 154 Å². The molecule has 0 spiro atoms. The zero-order valence-electron chi connectivity index (χ0n) is 26.0. The van der Waals surface area contributed by atoms with Crippen LogP contribution >= 0.6 is 7.60 Å². The van der Waals surface area contributed by atoms with E-state index in [2.05, 4.69) is 22.9 Å². The molecule has 0 bridgehead atoms. The molecule has 43 heavy (non-hydrogen) atoms. The van der Waals surface area contributed by atoms with Gasteiger partial charge in [-0.2, -0.15) is 0 Å². The number of rotatable bonds is 15. The summed E-state index contributed by atoms with van der Waals surface area (Å²) in [6.07, 6.45) is 3.73. The first-order chi connectivity index (χ1) is 20.3. The Bertz CT molecular complexity index is 1390. The van der Waals surface area contributed by atoms with E-state index in [1.165, 1.54) is 7.11 Å². The first-order valence-electron chi connectivity index (χ1n) is 15.1. The molecule has 1 amide bonds. The molecule has 2 aromatic rings. The number of carbonyl (C=O) groups is 1. The first-order valence-corrected chi connectivity index (χ1v) is 18.5. The third-order valence-corrected chi connectivity index (χ3v) is 11.7. The van der Waals surface area contributed by atoms with E-state index in [0.29, 0.717) is 36.1 Å². The van der Waals surface area contributed by atoms with Gasteiger partial charge >= 0.3 is 7.60 Å². The molecule has 2 atom stereocenters. The molecule has 1 heterocycles. The number of hydrogen-bond donors (Lipinski definition) is 5. The highest BCUT2D eigenvalue weighted by atomic mass is 32.2. The lowest BCUT2D eigenvalue weighted by atomic mass is 9.88. The van der Waals surface area contributed by atoms with Crippen molar-refractivity contribution in [3.05, 3.63) is 59.2 Å². The van der Waals surface area contributed by atoms with E-state index in [1.54, 1.807) is 12.1 Å². The number of methoxy groups -OCH3 is 1. The normalized spacial score (nSPS) is 20.2. The van der Waals surface area contributed by atoms with E-state index >= 15 is 0 Å². The van der Waals surface area contributed by atoms with Crippen molar-refractivity contribution in [1.82, 2.24) is 16.0 Å². The summed E-state index contributed by atoms with van der Waals surface area (Å²) in [6.45, 7) is 7.63. The van der Waals surface area contributed by atoms with E-state index in [1.807, 2.05) is 51.1 Å². The standard InChI is InChI=1S/C31H48N3O7PS/c1-6-10-16-31(9-4)22-43(39,40)27-17-24(19-32-28(35)20-33-30(7-2,8-3)21-42(36,37)38)26(41-5)18-25(27)29(34-31)23-14-12-11-13-15-23/h11-15,17-18,29,33-34H,6-10,16,19-22H2,1-5H3,(H,32,35)(H2,36,37,38)/t29-,31-/m1/s1. The van der Waals surface area contributed by atoms with Gasteiger partial charge in [0.25, 0.3) is 0 Å². The molecule has 1 aliphatic rings. The van der Waals surface area contributed by atoms with Crippen LogP contribution in [-0.2, 0) is 25.7 Å². The van der Waals surface area contributed by atoms with Crippen LogP contribution in [-0.4, -0.2) is 60.8 Å². The van der Waals surface area contributed by atoms with Gasteiger partial charge < -0.3 is 25.2 Å². The summed E-state index contributed by atoms with van der Waals surface area (Å²) in [4.78, 5) is 32.1. The highest BCUT2D eigenvalue weighted by Gasteiger charge is 2.42. The molecule has 10 nitrogen and oxygen atoms in total. The Morgan fingerprint density at radius 3 is 2.37 bits per heavy atom. The third kappa shape index (κ3) is 8.90. The minimum atomic E-state index is -4.30. The van der Waals surface area contributed by atoms with Gasteiger partial charge in [0.05, 0.1) is 36.5 Å². The molecule has 1 aliphatic heterocycles. The van der Waals surface area contributed by atoms with Crippen LogP contribution < -0.4 is 20.7 Å². The van der Waals surface area contributed by atoms with Crippen molar-refractivity contribution in [2.75, 3.05) is 25.6 Å². The number of benzene rings is 2. The molecule has 0 saturated carbocycles. The Labute approximate surface area is 256 Å². The zero-order valence-corrected chi connectivity index (χ0v) is 27.7. The summed E-state index contributed by atoms with van der Waals surface area (Å²) in [5, 5.41) is 9.61. The number of sulfone groups is 1. The van der Waals surface area contributed by atoms with E-state index in [9.17, 15) is 27.6 Å². The predicted molar refractivity (Wildman–Crippen MR) is 169 cm³/mol. The second-order valence-corrected chi connectivity index (χ2v) is 15.2. The second-order valence-electron chi connectivity index (χ2n) is 11.6. The molecule has 2 aromatic carbocycles. The highest BCUT2D eigenvalue weighted by molar-refractivity contribution is 7.91. The number of nitrogens with one attached hydrogen (secondary N) is 3. The molecule has 0 aromatic heterocycles. The molecule has 0 unspecified atom stereocenters. The zero-order chi connectivity index (χ0) is 31.9. The Kier molecular flexibility index (Phi) is 12.0. The lowest BCUT2D eigenvalue weighted by Crippen LogP contribution is -2.51. The molecule has 0 radical (unpaired) electrons. The van der Waals surface area contributed by atoms with Gasteiger partial charge in [-0.3, -0.25) is 14.7 Å². The predicted octanol–water partition coefficient (Wildman–Crippen LogP) is 4.44. The van der Waals surface area contributed by atoms with Crippen molar-refractivity contribution >= 4 is 23.3 Å². The van der Waals surface area contributed by atoms with Gasteiger partial charge in [0.1, 0.15) is 5.75 Å². The highest BCUT2D eigenvalue weighted by Crippen LogP contribution is 2.42. The first kappa shape index (κ1) is 35.2. The molecule has 3 rings (SSSR count). The van der Waals surface area contributed by atoms with Crippen molar-refractivity contribution in [3.63, 3.8) is 0 Å². The quantitative estimate of drug-likeness (QED) is 0.178. The fraction of sp³-hybridized carbons (Fsp3) is 0.581. The summed E-state index contributed by atoms with van der Waals surface area (Å²) in [6, 6.07) is 12.8. The Balaban J connectivity index is 1.96. The van der Waals surface area contributed by atoms with Gasteiger partial charge in [-0.25, -0.2) is 8.42 Å². The maximum absolute atomic E-state index is 14.0. The summed E-state index contributed by atoms with van der Waals surface area (Å²) < 4.78 is 45.5. The third-order valence-electron chi connectivity index (χ3n) is 8.76. The maximum Gasteiger partial charge on any atom is 0.327 e. The summed E-state index contributed by atoms with van der Waals surface area (Å²) >= 11 is 0. The lowest BCUT2D eigenvalue weighted by molar-refractivity contribution is -0.120. The van der Waals surface area contributed by atoms with E-state index in [-0.39, 0.29) is 41.8 Å². The van der Waals surface area contributed by atoms with Crippen LogP contribution in [0.1, 0.15) is 89.0 Å². The van der Waals surface area contributed by atoms with Gasteiger partial charge in [0.2, 0.25) is 5.91 Å². The Morgan fingerprint density at radius 2 is 1.81 bits per heavy atom. The molecule has 5 N–H and O–H groups in total. The fourth-order valence-electron chi connectivity index (χ4n) is 5.95. The number of carbonyl (C=O) groups excluding carboxylic acids is 1. The summed E-state index contributed by atoms with van der Waals surface area (Å²) in [7, 11) is -6.51. The molecule has 0 saturated heterocycles. The fourth-order valence-corrected chi connectivity index (χ4v) is 9.47. The largest absolute Gasteiger partial charge is 0.496 e. The molecule has 240 valence electrons. The number of ether oxygens (including phenoxy) is 1. The average Bonchev–Trinajstić information content (AvgIpc) is 3.08. The number of fused-ring (bicyclic) bond motifs is 1. The molecule has 0 fully saturated rings. The van der Waals surface area contributed by atoms with Crippen LogP contribution in [0, 0.1) is 0 Å². The lowest BCUT2D eigenvalue weighted by Gasteiger charge is -2.36. The number of hydrogen-bond acceptors (Lipinski definition) is 7. The minimum Gasteiger partial charge on any atom is -0.496 e. The number of unbranched alkanes of at least 4 members (excludes halogenated alkanes) is 1. The Hall–Kier alpha value is -2.27. The maximum atomic E-state index is 14.0. The van der Waals surface area contributed by atoms with Crippen molar-refractivity contribution < 1.29 is 32.3 Å². The van der Waals surface area contributed by atoms with Gasteiger partial charge in [-0.05, 0) is 48.9 Å². The van der Waals surface area contributed by atoms with Gasteiger partial charge in [-0.1, -0.05) is 70.9 Å². The second kappa shape index (κ2) is 14.7. The van der Waals surface area contributed by atoms with Gasteiger partial charge in [0, 0.05) is 23.2 Å². The van der Waals surface area contributed by atoms with Gasteiger partial charge in [0.15, 0.2) is 9.84 Å². The van der Waals surface area contributed by atoms with Crippen LogP contribution in [0.2, 0.25) is 0 Å². The summed E-state index contributed by atoms with van der Waals surface area (Å²) in [5.74, 6) is 0.0376.